The van der Waals surface area contributed by atoms with Gasteiger partial charge in [-0.15, -0.1) is 0 Å². The Kier molecular flexibility index (Phi) is 6.40. The summed E-state index contributed by atoms with van der Waals surface area (Å²) in [6.45, 7) is 2.89. The zero-order chi connectivity index (χ0) is 12.5. The van der Waals surface area contributed by atoms with Crippen molar-refractivity contribution in [2.45, 2.75) is 32.6 Å². The van der Waals surface area contributed by atoms with Gasteiger partial charge in [-0.1, -0.05) is 13.3 Å². The van der Waals surface area contributed by atoms with Gasteiger partial charge in [0.2, 0.25) is 5.91 Å². The summed E-state index contributed by atoms with van der Waals surface area (Å²) in [6, 6.07) is 3.69. The topological polar surface area (TPSA) is 62.5 Å². The smallest absolute Gasteiger partial charge is 0.220 e. The molecule has 1 aromatic rings. The predicted octanol–water partition coefficient (Wildman–Crippen LogP) is 1.74. The molecule has 0 spiro atoms. The molecule has 1 atom stereocenters. The van der Waals surface area contributed by atoms with Crippen molar-refractivity contribution in [2.75, 3.05) is 13.2 Å². The van der Waals surface area contributed by atoms with Crippen LogP contribution in [0.2, 0.25) is 0 Å². The van der Waals surface area contributed by atoms with Gasteiger partial charge in [-0.3, -0.25) is 4.79 Å². The van der Waals surface area contributed by atoms with Crippen LogP contribution in [0.25, 0.3) is 0 Å². The fourth-order valence-electron chi connectivity index (χ4n) is 1.67. The van der Waals surface area contributed by atoms with Crippen LogP contribution >= 0.6 is 0 Å². The third-order valence-corrected chi connectivity index (χ3v) is 2.88. The lowest BCUT2D eigenvalue weighted by Gasteiger charge is -2.13. The van der Waals surface area contributed by atoms with Crippen LogP contribution in [0.1, 0.15) is 31.9 Å². The molecule has 0 saturated heterocycles. The molecule has 1 unspecified atom stereocenters. The summed E-state index contributed by atoms with van der Waals surface area (Å²) in [4.78, 5) is 11.5. The van der Waals surface area contributed by atoms with Gasteiger partial charge in [0.25, 0.3) is 0 Å². The van der Waals surface area contributed by atoms with Gasteiger partial charge in [-0.25, -0.2) is 0 Å². The van der Waals surface area contributed by atoms with Crippen LogP contribution in [0.5, 0.6) is 0 Å². The fraction of sp³-hybridized carbons (Fsp3) is 0.615. The summed E-state index contributed by atoms with van der Waals surface area (Å²) in [6.07, 6.45) is 4.41. The van der Waals surface area contributed by atoms with E-state index in [1.165, 1.54) is 0 Å². The highest BCUT2D eigenvalue weighted by Gasteiger charge is 2.08. The molecule has 2 N–H and O–H groups in total. The molecule has 1 rings (SSSR count). The van der Waals surface area contributed by atoms with E-state index in [4.69, 9.17) is 9.52 Å². The van der Waals surface area contributed by atoms with E-state index in [0.29, 0.717) is 25.3 Å². The lowest BCUT2D eigenvalue weighted by atomic mass is 10.0. The molecule has 1 amide bonds. The molecule has 0 aliphatic rings. The number of carbonyl (C=O) groups excluding carboxylic acids is 1. The second-order valence-electron chi connectivity index (χ2n) is 4.17. The van der Waals surface area contributed by atoms with E-state index in [0.717, 1.165) is 18.6 Å². The van der Waals surface area contributed by atoms with Gasteiger partial charge in [0.05, 0.1) is 6.26 Å². The number of rotatable bonds is 8. The van der Waals surface area contributed by atoms with Crippen LogP contribution in [-0.4, -0.2) is 24.2 Å². The van der Waals surface area contributed by atoms with E-state index < -0.39 is 0 Å². The summed E-state index contributed by atoms with van der Waals surface area (Å²) in [5.41, 5.74) is 0. The Morgan fingerprint density at radius 2 is 2.41 bits per heavy atom. The van der Waals surface area contributed by atoms with E-state index in [1.54, 1.807) is 6.26 Å². The molecule has 0 aliphatic heterocycles. The zero-order valence-electron chi connectivity index (χ0n) is 10.3. The number of aryl methyl sites for hydroxylation is 1. The number of hydrogen-bond donors (Lipinski definition) is 2. The molecule has 0 aromatic carbocycles. The van der Waals surface area contributed by atoms with Gasteiger partial charge < -0.3 is 14.8 Å². The minimum atomic E-state index is 0.0396. The van der Waals surface area contributed by atoms with Gasteiger partial charge in [0.1, 0.15) is 5.76 Å². The fourth-order valence-corrected chi connectivity index (χ4v) is 1.67. The van der Waals surface area contributed by atoms with Crippen molar-refractivity contribution in [1.29, 1.82) is 0 Å². The van der Waals surface area contributed by atoms with Crippen molar-refractivity contribution in [3.05, 3.63) is 24.2 Å². The number of hydrogen-bond acceptors (Lipinski definition) is 3. The molecule has 0 radical (unpaired) electrons. The number of carbonyl (C=O) groups is 1. The number of furan rings is 1. The molecule has 0 fully saturated rings. The Hall–Kier alpha value is -1.29. The van der Waals surface area contributed by atoms with Crippen LogP contribution in [0.15, 0.2) is 22.8 Å². The maximum atomic E-state index is 11.5. The zero-order valence-corrected chi connectivity index (χ0v) is 10.3. The standard InChI is InChI=1S/C13H21NO3/c1-2-11(7-8-15)10-14-13(16)6-5-12-4-3-9-17-12/h3-4,9,11,15H,2,5-8,10H2,1H3,(H,14,16). The van der Waals surface area contributed by atoms with Gasteiger partial charge in [0, 0.05) is 26.0 Å². The van der Waals surface area contributed by atoms with E-state index in [-0.39, 0.29) is 12.5 Å². The van der Waals surface area contributed by atoms with E-state index >= 15 is 0 Å². The van der Waals surface area contributed by atoms with Crippen LogP contribution in [0.3, 0.4) is 0 Å². The van der Waals surface area contributed by atoms with Crippen molar-refractivity contribution in [3.8, 4) is 0 Å². The predicted molar refractivity (Wildman–Crippen MR) is 65.5 cm³/mol. The second kappa shape index (κ2) is 7.90. The van der Waals surface area contributed by atoms with Crippen molar-refractivity contribution < 1.29 is 14.3 Å². The van der Waals surface area contributed by atoms with Crippen LogP contribution < -0.4 is 5.32 Å². The SMILES string of the molecule is CCC(CCO)CNC(=O)CCc1ccco1. The molecular formula is C13H21NO3. The summed E-state index contributed by atoms with van der Waals surface area (Å²) in [5.74, 6) is 1.24. The average Bonchev–Trinajstić information content (AvgIpc) is 2.85. The summed E-state index contributed by atoms with van der Waals surface area (Å²) in [7, 11) is 0. The Labute approximate surface area is 102 Å². The van der Waals surface area contributed by atoms with Crippen LogP contribution in [-0.2, 0) is 11.2 Å². The first-order valence-electron chi connectivity index (χ1n) is 6.16. The molecular weight excluding hydrogens is 218 g/mol. The quantitative estimate of drug-likeness (QED) is 0.726. The highest BCUT2D eigenvalue weighted by atomic mass is 16.3. The maximum Gasteiger partial charge on any atom is 0.220 e. The molecule has 17 heavy (non-hydrogen) atoms. The molecule has 0 aliphatic carbocycles. The van der Waals surface area contributed by atoms with Crippen molar-refractivity contribution in [3.63, 3.8) is 0 Å². The second-order valence-corrected chi connectivity index (χ2v) is 4.17. The van der Waals surface area contributed by atoms with Crippen molar-refractivity contribution >= 4 is 5.91 Å². The van der Waals surface area contributed by atoms with E-state index in [1.807, 2.05) is 12.1 Å². The third kappa shape index (κ3) is 5.54. The molecule has 4 heteroatoms. The van der Waals surface area contributed by atoms with Gasteiger partial charge in [0.15, 0.2) is 0 Å². The van der Waals surface area contributed by atoms with E-state index in [9.17, 15) is 4.79 Å². The lowest BCUT2D eigenvalue weighted by molar-refractivity contribution is -0.121. The molecule has 1 aromatic heterocycles. The molecule has 0 bridgehead atoms. The molecule has 96 valence electrons. The summed E-state index contributed by atoms with van der Waals surface area (Å²) >= 11 is 0. The lowest BCUT2D eigenvalue weighted by Crippen LogP contribution is -2.29. The van der Waals surface area contributed by atoms with Crippen LogP contribution in [0, 0.1) is 5.92 Å². The number of aliphatic hydroxyl groups excluding tert-OH is 1. The molecule has 4 nitrogen and oxygen atoms in total. The normalized spacial score (nSPS) is 12.4. The van der Waals surface area contributed by atoms with Crippen LogP contribution in [0.4, 0.5) is 0 Å². The summed E-state index contributed by atoms with van der Waals surface area (Å²) < 4.78 is 5.16. The average molecular weight is 239 g/mol. The number of nitrogens with one attached hydrogen (secondary N) is 1. The Balaban J connectivity index is 2.16. The Morgan fingerprint density at radius 1 is 1.59 bits per heavy atom. The largest absolute Gasteiger partial charge is 0.469 e. The first kappa shape index (κ1) is 13.8. The first-order valence-corrected chi connectivity index (χ1v) is 6.16. The highest BCUT2D eigenvalue weighted by Crippen LogP contribution is 2.06. The van der Waals surface area contributed by atoms with E-state index in [2.05, 4.69) is 12.2 Å². The Morgan fingerprint density at radius 3 is 3.00 bits per heavy atom. The minimum Gasteiger partial charge on any atom is -0.469 e. The Bertz CT molecular complexity index is 308. The molecule has 0 saturated carbocycles. The van der Waals surface area contributed by atoms with Gasteiger partial charge in [-0.2, -0.15) is 0 Å². The number of aliphatic hydroxyl groups is 1. The highest BCUT2D eigenvalue weighted by molar-refractivity contribution is 5.76. The third-order valence-electron chi connectivity index (χ3n) is 2.88. The minimum absolute atomic E-state index is 0.0396. The maximum absolute atomic E-state index is 11.5. The van der Waals surface area contributed by atoms with Gasteiger partial charge in [-0.05, 0) is 24.5 Å². The van der Waals surface area contributed by atoms with Crippen molar-refractivity contribution in [1.82, 2.24) is 5.32 Å². The monoisotopic (exact) mass is 239 g/mol. The van der Waals surface area contributed by atoms with Crippen molar-refractivity contribution in [2.24, 2.45) is 5.92 Å². The molecule has 1 heterocycles. The van der Waals surface area contributed by atoms with Gasteiger partial charge >= 0.3 is 0 Å². The number of amides is 1. The summed E-state index contributed by atoms with van der Waals surface area (Å²) in [5, 5.41) is 11.7. The first-order chi connectivity index (χ1) is 8.26.